The molecule has 0 bridgehead atoms. The monoisotopic (exact) mass is 769 g/mol. The normalized spacial score (nSPS) is 27.4. The maximum Gasteiger partial charge on any atom is 0.259 e. The van der Waals surface area contributed by atoms with Crippen LogP contribution in [0.3, 0.4) is 0 Å². The molecule has 4 aliphatic rings. The first-order chi connectivity index (χ1) is 24.8. The topological polar surface area (TPSA) is 157 Å². The van der Waals surface area contributed by atoms with Crippen LogP contribution in [0.1, 0.15) is 76.8 Å². The third-order valence-electron chi connectivity index (χ3n) is 10.7. The Balaban J connectivity index is 1.21. The van der Waals surface area contributed by atoms with Crippen molar-refractivity contribution < 1.29 is 32.3 Å². The van der Waals surface area contributed by atoms with Crippen LogP contribution in [0.25, 0.3) is 21.6 Å². The average molecular weight is 770 g/mol. The standard InChI is InChI=1S/C37H44ClN5O7S2/c1-20(2)28-19-51-34(40-28)27-17-30(24-12-13-29(49-4)31(38)32(24)39-27)50-22-15-25-26(16-22)35(45)43(3)14-8-6-5-7-9-21-18-37(21,41-33(25)44)36(46)42-52(47,48)23-10-11-23/h7,9,12-13,17,19-23,25-26H,5-6,8,10-11,14-16,18H2,1-4H3,(H,41,44)(H,42,46)/b9-7-/t21-,22?,25-,26-,37?/m1/s1. The third-order valence-corrected chi connectivity index (χ3v) is 13.8. The molecule has 15 heteroatoms. The van der Waals surface area contributed by atoms with Gasteiger partial charge in [0.25, 0.3) is 5.91 Å². The quantitative estimate of drug-likeness (QED) is 0.279. The number of pyridine rings is 1. The lowest BCUT2D eigenvalue weighted by Crippen LogP contribution is -2.54. The van der Waals surface area contributed by atoms with Gasteiger partial charge in [-0.1, -0.05) is 37.6 Å². The van der Waals surface area contributed by atoms with Gasteiger partial charge in [0, 0.05) is 36.3 Å². The van der Waals surface area contributed by atoms with E-state index in [2.05, 4.69) is 23.9 Å². The van der Waals surface area contributed by atoms with Crippen molar-refractivity contribution in [2.45, 2.75) is 88.0 Å². The van der Waals surface area contributed by atoms with Crippen LogP contribution < -0.4 is 19.5 Å². The molecule has 1 aliphatic heterocycles. The van der Waals surface area contributed by atoms with Crippen LogP contribution in [-0.2, 0) is 24.4 Å². The number of halogens is 1. The summed E-state index contributed by atoms with van der Waals surface area (Å²) in [4.78, 5) is 53.2. The van der Waals surface area contributed by atoms with Gasteiger partial charge in [0.2, 0.25) is 21.8 Å². The Morgan fingerprint density at radius 1 is 1.13 bits per heavy atom. The van der Waals surface area contributed by atoms with E-state index in [4.69, 9.17) is 31.0 Å². The summed E-state index contributed by atoms with van der Waals surface area (Å²) in [5.41, 5.74) is 0.576. The minimum absolute atomic E-state index is 0.168. The van der Waals surface area contributed by atoms with Crippen molar-refractivity contribution in [3.8, 4) is 22.2 Å². The van der Waals surface area contributed by atoms with Crippen molar-refractivity contribution in [1.29, 1.82) is 0 Å². The fourth-order valence-electron chi connectivity index (χ4n) is 7.31. The van der Waals surface area contributed by atoms with E-state index in [9.17, 15) is 22.8 Å². The summed E-state index contributed by atoms with van der Waals surface area (Å²) in [7, 11) is -0.553. The van der Waals surface area contributed by atoms with Crippen LogP contribution in [0.2, 0.25) is 5.02 Å². The van der Waals surface area contributed by atoms with Crippen molar-refractivity contribution in [2.75, 3.05) is 20.7 Å². The number of thiazole rings is 1. The van der Waals surface area contributed by atoms with E-state index in [0.29, 0.717) is 57.5 Å². The summed E-state index contributed by atoms with van der Waals surface area (Å²) < 4.78 is 40.0. The average Bonchev–Trinajstić information content (AvgIpc) is 3.98. The zero-order chi connectivity index (χ0) is 36.9. The molecule has 0 spiro atoms. The molecule has 0 radical (unpaired) electrons. The molecule has 1 aromatic carbocycles. The van der Waals surface area contributed by atoms with Gasteiger partial charge in [-0.3, -0.25) is 19.1 Å². The van der Waals surface area contributed by atoms with E-state index in [1.165, 1.54) is 18.4 Å². The van der Waals surface area contributed by atoms with Crippen LogP contribution in [0.5, 0.6) is 11.5 Å². The third kappa shape index (κ3) is 7.13. The SMILES string of the molecule is COc1ccc2c(OC3C[C@H]4C(=O)NC5(C(=O)NS(=O)(=O)C6CC6)C[C@H]5/C=C\CCCCN(C)C(=O)[C@@H]4C3)cc(-c3nc(C(C)C)cs3)nc2c1Cl. The predicted octanol–water partition coefficient (Wildman–Crippen LogP) is 5.60. The second kappa shape index (κ2) is 14.2. The minimum Gasteiger partial charge on any atom is -0.495 e. The van der Waals surface area contributed by atoms with E-state index in [0.717, 1.165) is 25.0 Å². The summed E-state index contributed by atoms with van der Waals surface area (Å²) in [5, 5.41) is 6.02. The summed E-state index contributed by atoms with van der Waals surface area (Å²) in [5.74, 6) is -2.09. The number of sulfonamides is 1. The number of benzene rings is 1. The number of ether oxygens (including phenoxy) is 2. The smallest absolute Gasteiger partial charge is 0.259 e. The fourth-order valence-corrected chi connectivity index (χ4v) is 9.90. The highest BCUT2D eigenvalue weighted by Crippen LogP contribution is 2.47. The van der Waals surface area contributed by atoms with Gasteiger partial charge >= 0.3 is 0 Å². The molecule has 2 unspecified atom stereocenters. The molecule has 3 saturated carbocycles. The van der Waals surface area contributed by atoms with Gasteiger partial charge in [0.05, 0.1) is 35.4 Å². The molecule has 2 aromatic heterocycles. The van der Waals surface area contributed by atoms with Gasteiger partial charge in [-0.05, 0) is 69.4 Å². The molecule has 3 aliphatic carbocycles. The van der Waals surface area contributed by atoms with Crippen LogP contribution >= 0.6 is 22.9 Å². The predicted molar refractivity (Wildman–Crippen MR) is 199 cm³/mol. The largest absolute Gasteiger partial charge is 0.495 e. The number of nitrogens with one attached hydrogen (secondary N) is 2. The van der Waals surface area contributed by atoms with Crippen LogP contribution in [0, 0.1) is 17.8 Å². The number of rotatable bonds is 8. The van der Waals surface area contributed by atoms with Crippen molar-refractivity contribution in [1.82, 2.24) is 24.9 Å². The zero-order valence-electron chi connectivity index (χ0n) is 29.7. The maximum atomic E-state index is 14.3. The maximum absolute atomic E-state index is 14.3. The van der Waals surface area contributed by atoms with Gasteiger partial charge in [-0.25, -0.2) is 18.4 Å². The van der Waals surface area contributed by atoms with Gasteiger partial charge in [-0.2, -0.15) is 0 Å². The molecule has 0 saturated heterocycles. The summed E-state index contributed by atoms with van der Waals surface area (Å²) in [6.07, 6.45) is 7.42. The van der Waals surface area contributed by atoms with Crippen LogP contribution in [0.4, 0.5) is 0 Å². The number of nitrogens with zero attached hydrogens (tertiary/aromatic N) is 3. The van der Waals surface area contributed by atoms with Crippen LogP contribution in [-0.4, -0.2) is 78.6 Å². The highest BCUT2D eigenvalue weighted by atomic mass is 35.5. The molecule has 3 fully saturated rings. The number of hydrogen-bond donors (Lipinski definition) is 2. The summed E-state index contributed by atoms with van der Waals surface area (Å²) >= 11 is 8.27. The van der Waals surface area contributed by atoms with Crippen molar-refractivity contribution in [3.63, 3.8) is 0 Å². The highest BCUT2D eigenvalue weighted by Gasteiger charge is 2.62. The Hall–Kier alpha value is -3.75. The lowest BCUT2D eigenvalue weighted by Gasteiger charge is -2.26. The Morgan fingerprint density at radius 3 is 2.62 bits per heavy atom. The second-order valence-corrected chi connectivity index (χ2v) is 18.0. The molecule has 278 valence electrons. The Bertz CT molecular complexity index is 2050. The Labute approximate surface area is 312 Å². The second-order valence-electron chi connectivity index (χ2n) is 14.8. The van der Waals surface area contributed by atoms with Gasteiger partial charge in [0.1, 0.15) is 38.9 Å². The van der Waals surface area contributed by atoms with Gasteiger partial charge in [0.15, 0.2) is 0 Å². The summed E-state index contributed by atoms with van der Waals surface area (Å²) in [6, 6.07) is 5.39. The molecular formula is C37H44ClN5O7S2. The van der Waals surface area contributed by atoms with Crippen molar-refractivity contribution >= 4 is 61.6 Å². The molecule has 7 rings (SSSR count). The van der Waals surface area contributed by atoms with Gasteiger partial charge in [-0.15, -0.1) is 11.3 Å². The van der Waals surface area contributed by atoms with E-state index in [1.807, 2.05) is 29.7 Å². The first-order valence-electron chi connectivity index (χ1n) is 17.9. The number of aromatic nitrogens is 2. The van der Waals surface area contributed by atoms with E-state index in [1.54, 1.807) is 18.0 Å². The number of fused-ring (bicyclic) bond motifs is 3. The molecule has 52 heavy (non-hydrogen) atoms. The molecule has 3 amide bonds. The van der Waals surface area contributed by atoms with Gasteiger partial charge < -0.3 is 19.7 Å². The van der Waals surface area contributed by atoms with Crippen molar-refractivity contribution in [3.05, 3.63) is 46.4 Å². The Morgan fingerprint density at radius 2 is 1.90 bits per heavy atom. The molecule has 12 nitrogen and oxygen atoms in total. The summed E-state index contributed by atoms with van der Waals surface area (Å²) in [6.45, 7) is 4.69. The molecule has 2 N–H and O–H groups in total. The molecular weight excluding hydrogens is 726 g/mol. The number of carbonyl (C=O) groups is 3. The lowest BCUT2D eigenvalue weighted by molar-refractivity contribution is -0.140. The number of allylic oxidation sites excluding steroid dienone is 1. The minimum atomic E-state index is -3.84. The number of carbonyl (C=O) groups excluding carboxylic acids is 3. The first kappa shape index (κ1) is 36.6. The molecule has 5 atom stereocenters. The van der Waals surface area contributed by atoms with Crippen molar-refractivity contribution in [2.24, 2.45) is 17.8 Å². The first-order valence-corrected chi connectivity index (χ1v) is 20.7. The molecule has 3 aromatic rings. The zero-order valence-corrected chi connectivity index (χ0v) is 32.1. The Kier molecular flexibility index (Phi) is 10.0. The van der Waals surface area contributed by atoms with E-state index >= 15 is 0 Å². The van der Waals surface area contributed by atoms with E-state index in [-0.39, 0.29) is 37.0 Å². The fraction of sp³-hybridized carbons (Fsp3) is 0.541. The highest BCUT2D eigenvalue weighted by molar-refractivity contribution is 7.91. The number of hydrogen-bond acceptors (Lipinski definition) is 10. The van der Waals surface area contributed by atoms with Crippen LogP contribution in [0.15, 0.2) is 35.7 Å². The number of amides is 3. The van der Waals surface area contributed by atoms with E-state index < -0.39 is 50.6 Å². The lowest BCUT2D eigenvalue weighted by atomic mass is 9.93. The number of methoxy groups -OCH3 is 1. The molecule has 3 heterocycles.